The molecule has 1 N–H and O–H groups in total. The summed E-state index contributed by atoms with van der Waals surface area (Å²) in [6.07, 6.45) is 1.53. The molecule has 4 rings (SSSR count). The number of rotatable bonds is 4. The van der Waals surface area contributed by atoms with E-state index in [0.717, 1.165) is 5.56 Å². The van der Waals surface area contributed by atoms with Crippen molar-refractivity contribution in [3.8, 4) is 11.1 Å². The van der Waals surface area contributed by atoms with Gasteiger partial charge in [-0.2, -0.15) is 0 Å². The molecule has 0 unspecified atom stereocenters. The zero-order valence-corrected chi connectivity index (χ0v) is 13.8. The number of hydrogen-bond acceptors (Lipinski definition) is 4. The molecule has 0 aliphatic carbocycles. The molecule has 5 nitrogen and oxygen atoms in total. The number of carbonyl (C=O) groups is 1. The molecule has 0 fully saturated rings. The van der Waals surface area contributed by atoms with Crippen molar-refractivity contribution in [2.24, 2.45) is 0 Å². The van der Waals surface area contributed by atoms with Gasteiger partial charge in [-0.15, -0.1) is 0 Å². The van der Waals surface area contributed by atoms with Crippen LogP contribution in [0.15, 0.2) is 86.6 Å². The lowest BCUT2D eigenvalue weighted by Gasteiger charge is -2.11. The fourth-order valence-electron chi connectivity index (χ4n) is 2.91. The number of furan rings is 1. The minimum atomic E-state index is -0.538. The second-order valence-electron chi connectivity index (χ2n) is 5.77. The lowest BCUT2D eigenvalue weighted by Crippen LogP contribution is -2.24. The molecule has 0 aliphatic rings. The minimum absolute atomic E-state index is 0.00791. The van der Waals surface area contributed by atoms with Crippen molar-refractivity contribution in [2.75, 3.05) is 0 Å². The lowest BCUT2D eigenvalue weighted by molar-refractivity contribution is 0.0917. The molecule has 1 amide bonds. The Morgan fingerprint density at radius 3 is 2.35 bits per heavy atom. The number of amides is 1. The fraction of sp³-hybridized carbons (Fsp3) is 0.0476. The van der Waals surface area contributed by atoms with Crippen LogP contribution < -0.4 is 10.9 Å². The molecular weight excluding hydrogens is 330 g/mol. The molecular formula is C21H15NO4. The summed E-state index contributed by atoms with van der Waals surface area (Å²) in [6.45, 7) is 0.205. The molecule has 2 aromatic heterocycles. The van der Waals surface area contributed by atoms with E-state index in [1.165, 1.54) is 6.26 Å². The maximum absolute atomic E-state index is 12.7. The topological polar surface area (TPSA) is 72.5 Å². The number of benzene rings is 2. The molecule has 2 heterocycles. The van der Waals surface area contributed by atoms with Gasteiger partial charge in [0.25, 0.3) is 5.91 Å². The predicted octanol–water partition coefficient (Wildman–Crippen LogP) is 3.98. The van der Waals surface area contributed by atoms with E-state index in [-0.39, 0.29) is 12.3 Å². The van der Waals surface area contributed by atoms with Crippen LogP contribution in [0.4, 0.5) is 0 Å². The van der Waals surface area contributed by atoms with Crippen molar-refractivity contribution in [3.05, 3.63) is 94.9 Å². The standard InChI is InChI=1S/C21H15NO4/c23-20(22-13-15-9-6-12-25-15)19-18(14-7-2-1-3-8-14)16-10-4-5-11-17(16)21(24)26-19/h1-12H,13H2,(H,22,23). The summed E-state index contributed by atoms with van der Waals surface area (Å²) in [5.41, 5.74) is 0.858. The zero-order valence-electron chi connectivity index (χ0n) is 13.8. The highest BCUT2D eigenvalue weighted by atomic mass is 16.4. The minimum Gasteiger partial charge on any atom is -0.467 e. The second kappa shape index (κ2) is 6.72. The van der Waals surface area contributed by atoms with E-state index in [1.54, 1.807) is 24.3 Å². The second-order valence-corrected chi connectivity index (χ2v) is 5.77. The van der Waals surface area contributed by atoms with Crippen molar-refractivity contribution < 1.29 is 13.6 Å². The average molecular weight is 345 g/mol. The molecule has 4 aromatic rings. The smallest absolute Gasteiger partial charge is 0.344 e. The van der Waals surface area contributed by atoms with E-state index in [2.05, 4.69) is 5.32 Å². The van der Waals surface area contributed by atoms with Crippen LogP contribution in [0, 0.1) is 0 Å². The average Bonchev–Trinajstić information content (AvgIpc) is 3.20. The maximum atomic E-state index is 12.7. The maximum Gasteiger partial charge on any atom is 0.344 e. The van der Waals surface area contributed by atoms with Gasteiger partial charge >= 0.3 is 5.63 Å². The Kier molecular flexibility index (Phi) is 4.11. The summed E-state index contributed by atoms with van der Waals surface area (Å²) in [4.78, 5) is 25.1. The van der Waals surface area contributed by atoms with Gasteiger partial charge in [0.1, 0.15) is 5.76 Å². The Labute approximate surface area is 148 Å². The van der Waals surface area contributed by atoms with Crippen LogP contribution in [-0.2, 0) is 6.54 Å². The van der Waals surface area contributed by atoms with Gasteiger partial charge in [-0.25, -0.2) is 4.79 Å². The first-order valence-corrected chi connectivity index (χ1v) is 8.16. The molecule has 2 aromatic carbocycles. The van der Waals surface area contributed by atoms with E-state index in [9.17, 15) is 9.59 Å². The third-order valence-corrected chi connectivity index (χ3v) is 4.11. The highest BCUT2D eigenvalue weighted by Gasteiger charge is 2.21. The van der Waals surface area contributed by atoms with E-state index in [1.807, 2.05) is 42.5 Å². The third-order valence-electron chi connectivity index (χ3n) is 4.11. The summed E-state index contributed by atoms with van der Waals surface area (Å²) >= 11 is 0. The number of carbonyl (C=O) groups excluding carboxylic acids is 1. The zero-order chi connectivity index (χ0) is 17.9. The molecule has 26 heavy (non-hydrogen) atoms. The van der Waals surface area contributed by atoms with E-state index in [4.69, 9.17) is 8.83 Å². The Morgan fingerprint density at radius 2 is 1.62 bits per heavy atom. The van der Waals surface area contributed by atoms with Crippen LogP contribution in [-0.4, -0.2) is 5.91 Å². The van der Waals surface area contributed by atoms with Crippen LogP contribution in [0.2, 0.25) is 0 Å². The summed E-state index contributed by atoms with van der Waals surface area (Å²) in [7, 11) is 0. The third kappa shape index (κ3) is 2.91. The number of nitrogens with one attached hydrogen (secondary N) is 1. The Morgan fingerprint density at radius 1 is 0.885 bits per heavy atom. The molecule has 0 spiro atoms. The molecule has 0 saturated heterocycles. The van der Waals surface area contributed by atoms with Gasteiger partial charge in [0, 0.05) is 10.9 Å². The van der Waals surface area contributed by atoms with E-state index >= 15 is 0 Å². The highest BCUT2D eigenvalue weighted by molar-refractivity contribution is 6.07. The van der Waals surface area contributed by atoms with E-state index in [0.29, 0.717) is 22.1 Å². The van der Waals surface area contributed by atoms with Gasteiger partial charge in [-0.05, 0) is 23.8 Å². The van der Waals surface area contributed by atoms with Crippen LogP contribution >= 0.6 is 0 Å². The molecule has 0 radical (unpaired) electrons. The molecule has 0 atom stereocenters. The highest BCUT2D eigenvalue weighted by Crippen LogP contribution is 2.30. The van der Waals surface area contributed by atoms with Gasteiger partial charge in [0.05, 0.1) is 18.2 Å². The van der Waals surface area contributed by atoms with Gasteiger partial charge in [0.15, 0.2) is 0 Å². The molecule has 0 aliphatic heterocycles. The first kappa shape index (κ1) is 15.9. The Hall–Kier alpha value is -3.60. The SMILES string of the molecule is O=C(NCc1ccco1)c1oc(=O)c2ccccc2c1-c1ccccc1. The van der Waals surface area contributed by atoms with Crippen molar-refractivity contribution in [2.45, 2.75) is 6.54 Å². The van der Waals surface area contributed by atoms with E-state index < -0.39 is 11.5 Å². The van der Waals surface area contributed by atoms with Crippen LogP contribution in [0.1, 0.15) is 16.3 Å². The fourth-order valence-corrected chi connectivity index (χ4v) is 2.91. The normalized spacial score (nSPS) is 10.8. The van der Waals surface area contributed by atoms with Gasteiger partial charge in [0.2, 0.25) is 5.76 Å². The van der Waals surface area contributed by atoms with Gasteiger partial charge in [-0.1, -0.05) is 48.5 Å². The monoisotopic (exact) mass is 345 g/mol. The summed E-state index contributed by atoms with van der Waals surface area (Å²) in [5.74, 6) is 0.136. The molecule has 0 saturated carbocycles. The summed E-state index contributed by atoms with van der Waals surface area (Å²) in [5, 5.41) is 3.86. The van der Waals surface area contributed by atoms with Gasteiger partial charge < -0.3 is 14.2 Å². The predicted molar refractivity (Wildman–Crippen MR) is 97.8 cm³/mol. The van der Waals surface area contributed by atoms with Crippen molar-refractivity contribution in [1.29, 1.82) is 0 Å². The van der Waals surface area contributed by atoms with Crippen molar-refractivity contribution in [3.63, 3.8) is 0 Å². The van der Waals surface area contributed by atoms with Crippen molar-refractivity contribution >= 4 is 16.7 Å². The number of hydrogen-bond donors (Lipinski definition) is 1. The Balaban J connectivity index is 1.85. The van der Waals surface area contributed by atoms with Gasteiger partial charge in [-0.3, -0.25) is 4.79 Å². The first-order valence-electron chi connectivity index (χ1n) is 8.16. The molecule has 128 valence electrons. The largest absolute Gasteiger partial charge is 0.467 e. The lowest BCUT2D eigenvalue weighted by atomic mass is 9.98. The van der Waals surface area contributed by atoms with Crippen LogP contribution in [0.3, 0.4) is 0 Å². The summed E-state index contributed by atoms with van der Waals surface area (Å²) in [6, 6.07) is 20.0. The molecule has 0 bridgehead atoms. The molecule has 5 heteroatoms. The summed E-state index contributed by atoms with van der Waals surface area (Å²) < 4.78 is 10.6. The first-order chi connectivity index (χ1) is 12.7. The Bertz CT molecular complexity index is 1110. The number of fused-ring (bicyclic) bond motifs is 1. The van der Waals surface area contributed by atoms with Crippen molar-refractivity contribution in [1.82, 2.24) is 5.32 Å². The van der Waals surface area contributed by atoms with Crippen LogP contribution in [0.5, 0.6) is 0 Å². The quantitative estimate of drug-likeness (QED) is 0.607. The van der Waals surface area contributed by atoms with Crippen LogP contribution in [0.25, 0.3) is 21.9 Å².